The summed E-state index contributed by atoms with van der Waals surface area (Å²) in [7, 11) is 1.41. The first-order valence-electron chi connectivity index (χ1n) is 23.4. The number of ether oxygens (including phenoxy) is 1. The molecule has 2 amide bonds. The van der Waals surface area contributed by atoms with Gasteiger partial charge in [-0.2, -0.15) is 0 Å². The average Bonchev–Trinajstić information content (AvgIpc) is 3.98. The van der Waals surface area contributed by atoms with E-state index in [0.29, 0.717) is 42.0 Å². The number of pyridine rings is 2. The smallest absolute Gasteiger partial charge is 0.305 e. The van der Waals surface area contributed by atoms with Gasteiger partial charge in [-0.3, -0.25) is 19.2 Å². The number of aliphatic carboxylic acids is 1. The number of H-pyrrole nitrogens is 2. The highest BCUT2D eigenvalue weighted by Gasteiger charge is 2.16. The number of benzene rings is 6. The lowest BCUT2D eigenvalue weighted by atomic mass is 9.95. The Hall–Kier alpha value is -8.90. The van der Waals surface area contributed by atoms with Gasteiger partial charge in [-0.05, 0) is 147 Å². The quantitative estimate of drug-likeness (QED) is 0.0751. The van der Waals surface area contributed by atoms with Crippen molar-refractivity contribution in [2.45, 2.75) is 53.4 Å². The normalized spacial score (nSPS) is 11.1. The lowest BCUT2D eigenvalue weighted by Gasteiger charge is -2.11. The lowest BCUT2D eigenvalue weighted by molar-refractivity contribution is -0.140. The molecule has 71 heavy (non-hydrogen) atoms. The molecule has 0 unspecified atom stereocenters. The lowest BCUT2D eigenvalue weighted by Crippen LogP contribution is -2.12. The number of para-hydroxylation sites is 2. The van der Waals surface area contributed by atoms with Crippen molar-refractivity contribution in [2.75, 3.05) is 17.7 Å². The Morgan fingerprint density at radius 1 is 0.507 bits per heavy atom. The maximum atomic E-state index is 12.9. The zero-order chi connectivity index (χ0) is 49.8. The van der Waals surface area contributed by atoms with Crippen LogP contribution in [0.3, 0.4) is 0 Å². The van der Waals surface area contributed by atoms with Crippen LogP contribution in [0, 0.1) is 27.7 Å². The van der Waals surface area contributed by atoms with Crippen molar-refractivity contribution in [1.82, 2.24) is 19.9 Å². The molecule has 0 radical (unpaired) electrons. The first kappa shape index (κ1) is 47.2. The largest absolute Gasteiger partial charge is 0.481 e. The van der Waals surface area contributed by atoms with E-state index in [0.717, 1.165) is 99.5 Å². The molecular formula is C59H52N6O6. The fourth-order valence-electron chi connectivity index (χ4n) is 9.30. The van der Waals surface area contributed by atoms with E-state index in [9.17, 15) is 19.2 Å². The Morgan fingerprint density at radius 2 is 0.915 bits per heavy atom. The number of carbonyl (C=O) groups excluding carboxylic acids is 3. The Bertz CT molecular complexity index is 3650. The number of nitrogens with zero attached hydrogens (tertiary/aromatic N) is 2. The van der Waals surface area contributed by atoms with Crippen LogP contribution in [0.5, 0.6) is 0 Å². The summed E-state index contributed by atoms with van der Waals surface area (Å²) in [6, 6.07) is 46.8. The standard InChI is InChI=1S/C30H27N3O3.C29H25N3O3/c1-18-14-20(8-13-28(34)36-3)15-19(2)29(18)26-16-22-9-10-23(17-25(22)31-26)30(35)33-27-12-11-21-6-4-5-7-24(21)32-27;1-17-13-19(7-12-27(33)34)14-18(2)28(17)25-15-21-8-9-22(16-24(21)30-25)29(35)32-26-11-10-20-5-3-4-6-23(20)31-26/h4-7,9-12,14-17,31H,8,13H2,1-3H3,(H,32,33,35);3-6,8-11,13-16,30H,7,12H2,1-2H3,(H,33,34)(H,31,32,35). The van der Waals surface area contributed by atoms with Crippen LogP contribution in [0.1, 0.15) is 66.9 Å². The van der Waals surface area contributed by atoms with Crippen LogP contribution >= 0.6 is 0 Å². The van der Waals surface area contributed by atoms with Gasteiger partial charge < -0.3 is 30.4 Å². The molecule has 0 fully saturated rings. The van der Waals surface area contributed by atoms with Crippen LogP contribution in [0.2, 0.25) is 0 Å². The molecule has 12 heteroatoms. The van der Waals surface area contributed by atoms with Gasteiger partial charge in [0.2, 0.25) is 0 Å². The minimum atomic E-state index is -0.795. The molecule has 12 nitrogen and oxygen atoms in total. The number of anilines is 2. The number of hydrogen-bond donors (Lipinski definition) is 5. The molecule has 0 aliphatic carbocycles. The molecule has 0 saturated carbocycles. The third kappa shape index (κ3) is 10.7. The predicted molar refractivity (Wildman–Crippen MR) is 282 cm³/mol. The third-order valence-electron chi connectivity index (χ3n) is 12.6. The second-order valence-corrected chi connectivity index (χ2v) is 17.8. The number of carbonyl (C=O) groups is 4. The molecule has 0 aliphatic rings. The maximum Gasteiger partial charge on any atom is 0.305 e. The van der Waals surface area contributed by atoms with Crippen LogP contribution in [0.25, 0.3) is 66.1 Å². The molecule has 4 aromatic heterocycles. The fourth-order valence-corrected chi connectivity index (χ4v) is 9.30. The van der Waals surface area contributed by atoms with Gasteiger partial charge in [0.15, 0.2) is 0 Å². The number of rotatable bonds is 12. The summed E-state index contributed by atoms with van der Waals surface area (Å²) in [5.41, 5.74) is 15.2. The fraction of sp³-hybridized carbons (Fsp3) is 0.153. The Kier molecular flexibility index (Phi) is 13.5. The van der Waals surface area contributed by atoms with Gasteiger partial charge >= 0.3 is 11.9 Å². The summed E-state index contributed by atoms with van der Waals surface area (Å²) in [5.74, 6) is -0.406. The zero-order valence-electron chi connectivity index (χ0n) is 40.1. The van der Waals surface area contributed by atoms with E-state index in [1.165, 1.54) is 7.11 Å². The van der Waals surface area contributed by atoms with Crippen molar-refractivity contribution in [3.8, 4) is 22.5 Å². The van der Waals surface area contributed by atoms with Crippen molar-refractivity contribution < 1.29 is 29.0 Å². The molecule has 10 rings (SSSR count). The number of carboxylic acids is 1. The number of methoxy groups -OCH3 is 1. The molecular weight excluding hydrogens is 889 g/mol. The summed E-state index contributed by atoms with van der Waals surface area (Å²) in [6.45, 7) is 8.22. The van der Waals surface area contributed by atoms with Gasteiger partial charge in [0.05, 0.1) is 18.1 Å². The maximum absolute atomic E-state index is 12.9. The second-order valence-electron chi connectivity index (χ2n) is 17.8. The first-order chi connectivity index (χ1) is 34.3. The summed E-state index contributed by atoms with van der Waals surface area (Å²) in [5, 5.41) is 18.9. The second kappa shape index (κ2) is 20.4. The molecule has 4 heterocycles. The molecule has 0 bridgehead atoms. The number of aryl methyl sites for hydroxylation is 6. The van der Waals surface area contributed by atoms with E-state index in [4.69, 9.17) is 9.84 Å². The highest BCUT2D eigenvalue weighted by molar-refractivity contribution is 6.07. The van der Waals surface area contributed by atoms with Gasteiger partial charge in [-0.15, -0.1) is 0 Å². The van der Waals surface area contributed by atoms with E-state index >= 15 is 0 Å². The Balaban J connectivity index is 0.000000176. The van der Waals surface area contributed by atoms with Crippen LogP contribution in [0.4, 0.5) is 11.6 Å². The third-order valence-corrected chi connectivity index (χ3v) is 12.6. The van der Waals surface area contributed by atoms with E-state index in [-0.39, 0.29) is 24.2 Å². The van der Waals surface area contributed by atoms with E-state index in [1.807, 2.05) is 129 Å². The van der Waals surface area contributed by atoms with Gasteiger partial charge in [0.1, 0.15) is 11.6 Å². The monoisotopic (exact) mass is 940 g/mol. The summed E-state index contributed by atoms with van der Waals surface area (Å²) >= 11 is 0. The van der Waals surface area contributed by atoms with E-state index in [1.54, 1.807) is 6.07 Å². The van der Waals surface area contributed by atoms with E-state index < -0.39 is 5.97 Å². The van der Waals surface area contributed by atoms with Gasteiger partial charge in [-0.1, -0.05) is 72.8 Å². The minimum absolute atomic E-state index is 0.115. The van der Waals surface area contributed by atoms with Crippen LogP contribution in [0.15, 0.2) is 146 Å². The van der Waals surface area contributed by atoms with Gasteiger partial charge in [-0.25, -0.2) is 9.97 Å². The SMILES string of the molecule is COC(=O)CCc1cc(C)c(-c2cc3ccc(C(=O)Nc4ccc5ccccc5n4)cc3[nH]2)c(C)c1.Cc1cc(CCC(=O)O)cc(C)c1-c1cc2ccc(C(=O)Nc3ccc4ccccc4n3)cc2[nH]1. The van der Waals surface area contributed by atoms with Crippen molar-refractivity contribution in [3.05, 3.63) is 190 Å². The molecule has 0 spiro atoms. The van der Waals surface area contributed by atoms with Crippen molar-refractivity contribution in [1.29, 1.82) is 0 Å². The number of fused-ring (bicyclic) bond motifs is 4. The molecule has 6 aromatic carbocycles. The summed E-state index contributed by atoms with van der Waals surface area (Å²) in [6.07, 6.45) is 1.63. The number of hydrogen-bond acceptors (Lipinski definition) is 7. The Morgan fingerprint density at radius 3 is 1.34 bits per heavy atom. The predicted octanol–water partition coefficient (Wildman–Crippen LogP) is 12.6. The highest BCUT2D eigenvalue weighted by atomic mass is 16.5. The van der Waals surface area contributed by atoms with E-state index in [2.05, 4.69) is 68.7 Å². The van der Waals surface area contributed by atoms with Crippen molar-refractivity contribution in [3.63, 3.8) is 0 Å². The van der Waals surface area contributed by atoms with Crippen LogP contribution in [-0.4, -0.2) is 55.9 Å². The first-order valence-corrected chi connectivity index (χ1v) is 23.4. The number of carboxylic acid groups (broad SMARTS) is 1. The molecule has 0 atom stereocenters. The molecule has 0 aliphatic heterocycles. The Labute approximate surface area is 410 Å². The number of amides is 2. The van der Waals surface area contributed by atoms with Gasteiger partial charge in [0, 0.05) is 79.1 Å². The number of aromatic amines is 2. The topological polar surface area (TPSA) is 179 Å². The molecule has 0 saturated heterocycles. The molecule has 10 aromatic rings. The average molecular weight is 941 g/mol. The molecule has 354 valence electrons. The number of aromatic nitrogens is 4. The highest BCUT2D eigenvalue weighted by Crippen LogP contribution is 2.33. The minimum Gasteiger partial charge on any atom is -0.481 e. The van der Waals surface area contributed by atoms with Crippen molar-refractivity contribution in [2.24, 2.45) is 0 Å². The number of esters is 1. The van der Waals surface area contributed by atoms with Crippen molar-refractivity contribution >= 4 is 79.0 Å². The molecule has 5 N–H and O–H groups in total. The number of nitrogens with one attached hydrogen (secondary N) is 4. The zero-order valence-corrected chi connectivity index (χ0v) is 40.1. The van der Waals surface area contributed by atoms with Crippen LogP contribution < -0.4 is 10.6 Å². The summed E-state index contributed by atoms with van der Waals surface area (Å²) < 4.78 is 4.76. The summed E-state index contributed by atoms with van der Waals surface area (Å²) in [4.78, 5) is 64.3. The van der Waals surface area contributed by atoms with Crippen LogP contribution in [-0.2, 0) is 27.2 Å². The van der Waals surface area contributed by atoms with Gasteiger partial charge in [0.25, 0.3) is 11.8 Å².